The number of nitrogens with zero attached hydrogens (tertiary/aromatic N) is 2. The molecule has 1 amide bonds. The Morgan fingerprint density at radius 3 is 2.59 bits per heavy atom. The van der Waals surface area contributed by atoms with Gasteiger partial charge in [0.25, 0.3) is 5.91 Å². The number of hydrogen-bond acceptors (Lipinski definition) is 6. The summed E-state index contributed by atoms with van der Waals surface area (Å²) in [7, 11) is 0. The predicted octanol–water partition coefficient (Wildman–Crippen LogP) is 3.68. The zero-order valence-electron chi connectivity index (χ0n) is 14.7. The lowest BCUT2D eigenvalue weighted by molar-refractivity contribution is -0.385. The third-order valence-electron chi connectivity index (χ3n) is 3.83. The summed E-state index contributed by atoms with van der Waals surface area (Å²) in [4.78, 5) is 27.2. The standard InChI is InChI=1S/C19H17N3O4S/c1-11-5-12(2)7-14(6-11)10-20-19-21-18(24)17(27-19)9-13-3-4-16(23)15(8-13)22(25)26/h3-9,23H,10H2,1-2H3,(H,20,21,24)/b17-9-. The quantitative estimate of drug-likeness (QED) is 0.476. The van der Waals surface area contributed by atoms with E-state index < -0.39 is 16.4 Å². The molecule has 1 heterocycles. The van der Waals surface area contributed by atoms with Crippen molar-refractivity contribution in [2.75, 3.05) is 0 Å². The van der Waals surface area contributed by atoms with Crippen LogP contribution in [0.1, 0.15) is 22.3 Å². The molecule has 2 aromatic carbocycles. The van der Waals surface area contributed by atoms with Crippen LogP contribution in [0, 0.1) is 24.0 Å². The summed E-state index contributed by atoms with van der Waals surface area (Å²) in [5.41, 5.74) is 3.41. The van der Waals surface area contributed by atoms with E-state index in [0.29, 0.717) is 22.2 Å². The number of benzene rings is 2. The molecule has 0 bridgehead atoms. The molecule has 8 heteroatoms. The number of carbonyl (C=O) groups excluding carboxylic acids is 1. The van der Waals surface area contributed by atoms with Crippen molar-refractivity contribution in [2.24, 2.45) is 4.99 Å². The van der Waals surface area contributed by atoms with E-state index in [4.69, 9.17) is 0 Å². The van der Waals surface area contributed by atoms with Crippen molar-refractivity contribution < 1.29 is 14.8 Å². The second-order valence-corrected chi connectivity index (χ2v) is 7.22. The molecule has 0 aromatic heterocycles. The molecule has 0 atom stereocenters. The molecule has 0 aliphatic carbocycles. The number of nitro groups is 1. The highest BCUT2D eigenvalue weighted by atomic mass is 32.2. The van der Waals surface area contributed by atoms with Crippen LogP contribution in [0.15, 0.2) is 46.3 Å². The molecule has 138 valence electrons. The molecule has 2 aromatic rings. The fourth-order valence-electron chi connectivity index (χ4n) is 2.75. The first kappa shape index (κ1) is 18.7. The van der Waals surface area contributed by atoms with Gasteiger partial charge in [0.2, 0.25) is 0 Å². The Morgan fingerprint density at radius 1 is 1.22 bits per heavy atom. The summed E-state index contributed by atoms with van der Waals surface area (Å²) in [5.74, 6) is -0.726. The Morgan fingerprint density at radius 2 is 1.93 bits per heavy atom. The van der Waals surface area contributed by atoms with Crippen LogP contribution in [0.25, 0.3) is 6.08 Å². The van der Waals surface area contributed by atoms with Crippen LogP contribution in [-0.4, -0.2) is 21.1 Å². The van der Waals surface area contributed by atoms with Gasteiger partial charge in [-0.25, -0.2) is 0 Å². The minimum absolute atomic E-state index is 0.310. The number of aliphatic imine (C=N–C) groups is 1. The van der Waals surface area contributed by atoms with Crippen molar-refractivity contribution in [3.8, 4) is 5.75 Å². The Balaban J connectivity index is 1.78. The van der Waals surface area contributed by atoms with E-state index >= 15 is 0 Å². The first-order chi connectivity index (χ1) is 12.8. The molecular formula is C19H17N3O4S. The highest BCUT2D eigenvalue weighted by molar-refractivity contribution is 8.18. The fraction of sp³-hybridized carbons (Fsp3) is 0.158. The molecule has 0 unspecified atom stereocenters. The highest BCUT2D eigenvalue weighted by Crippen LogP contribution is 2.30. The number of amides is 1. The first-order valence-corrected chi connectivity index (χ1v) is 8.93. The molecule has 2 N–H and O–H groups in total. The predicted molar refractivity (Wildman–Crippen MR) is 106 cm³/mol. The van der Waals surface area contributed by atoms with Crippen molar-refractivity contribution in [1.29, 1.82) is 0 Å². The zero-order chi connectivity index (χ0) is 19.6. The molecule has 1 fully saturated rings. The van der Waals surface area contributed by atoms with Gasteiger partial charge in [0.05, 0.1) is 16.4 Å². The molecule has 0 spiro atoms. The highest BCUT2D eigenvalue weighted by Gasteiger charge is 2.24. The number of phenols is 1. The Bertz CT molecular complexity index is 978. The molecular weight excluding hydrogens is 366 g/mol. The second kappa shape index (κ2) is 7.63. The molecule has 27 heavy (non-hydrogen) atoms. The lowest BCUT2D eigenvalue weighted by Gasteiger charge is -2.02. The summed E-state index contributed by atoms with van der Waals surface area (Å²) in [6.45, 7) is 4.49. The summed E-state index contributed by atoms with van der Waals surface area (Å²) < 4.78 is 0. The minimum Gasteiger partial charge on any atom is -0.502 e. The number of nitrogens with one attached hydrogen (secondary N) is 1. The maximum absolute atomic E-state index is 12.1. The number of aryl methyl sites for hydroxylation is 2. The van der Waals surface area contributed by atoms with Gasteiger partial charge < -0.3 is 10.4 Å². The van der Waals surface area contributed by atoms with Crippen LogP contribution in [0.3, 0.4) is 0 Å². The minimum atomic E-state index is -0.671. The van der Waals surface area contributed by atoms with Gasteiger partial charge in [-0.3, -0.25) is 19.9 Å². The summed E-state index contributed by atoms with van der Waals surface area (Å²) in [6.07, 6.45) is 1.53. The molecule has 7 nitrogen and oxygen atoms in total. The second-order valence-electron chi connectivity index (χ2n) is 6.19. The SMILES string of the molecule is Cc1cc(C)cc(CN=C2NC(=O)/C(=C/c3ccc(O)c([N+](=O)[O-])c3)S2)c1. The number of aromatic hydroxyl groups is 1. The molecule has 3 rings (SSSR count). The smallest absolute Gasteiger partial charge is 0.311 e. The van der Waals surface area contributed by atoms with Gasteiger partial charge in [-0.05, 0) is 48.9 Å². The van der Waals surface area contributed by atoms with Crippen LogP contribution >= 0.6 is 11.8 Å². The van der Waals surface area contributed by atoms with E-state index in [1.54, 1.807) is 0 Å². The monoisotopic (exact) mass is 383 g/mol. The molecule has 0 radical (unpaired) electrons. The third kappa shape index (κ3) is 4.53. The third-order valence-corrected chi connectivity index (χ3v) is 4.78. The summed E-state index contributed by atoms with van der Waals surface area (Å²) >= 11 is 1.18. The van der Waals surface area contributed by atoms with Crippen LogP contribution < -0.4 is 5.32 Å². The topological polar surface area (TPSA) is 105 Å². The van der Waals surface area contributed by atoms with E-state index in [1.807, 2.05) is 26.0 Å². The Labute approximate surface area is 160 Å². The van der Waals surface area contributed by atoms with Crippen molar-refractivity contribution >= 4 is 34.6 Å². The number of nitro benzene ring substituents is 1. The van der Waals surface area contributed by atoms with Crippen molar-refractivity contribution in [2.45, 2.75) is 20.4 Å². The Kier molecular flexibility index (Phi) is 5.27. The number of carbonyl (C=O) groups is 1. The molecule has 1 aliphatic rings. The van der Waals surface area contributed by atoms with Gasteiger partial charge in [-0.2, -0.15) is 0 Å². The van der Waals surface area contributed by atoms with E-state index in [0.717, 1.165) is 16.7 Å². The van der Waals surface area contributed by atoms with Crippen LogP contribution in [0.5, 0.6) is 5.75 Å². The van der Waals surface area contributed by atoms with Gasteiger partial charge in [0, 0.05) is 6.07 Å². The van der Waals surface area contributed by atoms with E-state index in [9.17, 15) is 20.0 Å². The maximum Gasteiger partial charge on any atom is 0.311 e. The van der Waals surface area contributed by atoms with Crippen LogP contribution in [0.4, 0.5) is 5.69 Å². The van der Waals surface area contributed by atoms with Crippen LogP contribution in [0.2, 0.25) is 0 Å². The number of thioether (sulfide) groups is 1. The number of rotatable bonds is 4. The molecule has 0 saturated carbocycles. The molecule has 1 saturated heterocycles. The van der Waals surface area contributed by atoms with Crippen molar-refractivity contribution in [1.82, 2.24) is 5.32 Å². The largest absolute Gasteiger partial charge is 0.502 e. The number of amidine groups is 1. The normalized spacial score (nSPS) is 16.7. The van der Waals surface area contributed by atoms with Crippen molar-refractivity contribution in [3.63, 3.8) is 0 Å². The summed E-state index contributed by atoms with van der Waals surface area (Å²) in [6, 6.07) is 10.1. The fourth-order valence-corrected chi connectivity index (χ4v) is 3.57. The van der Waals surface area contributed by atoms with Gasteiger partial charge in [-0.1, -0.05) is 35.4 Å². The van der Waals surface area contributed by atoms with Gasteiger partial charge >= 0.3 is 5.69 Å². The van der Waals surface area contributed by atoms with Gasteiger partial charge in [0.1, 0.15) is 0 Å². The van der Waals surface area contributed by atoms with Crippen molar-refractivity contribution in [3.05, 3.63) is 73.7 Å². The van der Waals surface area contributed by atoms with Gasteiger partial charge in [-0.15, -0.1) is 0 Å². The number of phenolic OH excluding ortho intramolecular Hbond substituents is 1. The zero-order valence-corrected chi connectivity index (χ0v) is 15.5. The maximum atomic E-state index is 12.1. The average molecular weight is 383 g/mol. The van der Waals surface area contributed by atoms with Crippen LogP contribution in [-0.2, 0) is 11.3 Å². The summed E-state index contributed by atoms with van der Waals surface area (Å²) in [5, 5.41) is 23.6. The molecule has 1 aliphatic heterocycles. The average Bonchev–Trinajstić information content (AvgIpc) is 2.93. The van der Waals surface area contributed by atoms with Gasteiger partial charge in [0.15, 0.2) is 10.9 Å². The van der Waals surface area contributed by atoms with E-state index in [-0.39, 0.29) is 5.91 Å². The number of hydrogen-bond donors (Lipinski definition) is 2. The lowest BCUT2D eigenvalue weighted by atomic mass is 10.1. The van der Waals surface area contributed by atoms with E-state index in [1.165, 1.54) is 36.0 Å². The van der Waals surface area contributed by atoms with E-state index in [2.05, 4.69) is 16.4 Å². The first-order valence-electron chi connectivity index (χ1n) is 8.12. The lowest BCUT2D eigenvalue weighted by Crippen LogP contribution is -2.19. The Hall–Kier alpha value is -3.13.